The minimum atomic E-state index is -0.523. The molecule has 4 nitrogen and oxygen atoms in total. The third-order valence-electron chi connectivity index (χ3n) is 2.60. The number of ether oxygens (including phenoxy) is 2. The molecule has 1 N–H and O–H groups in total. The molecule has 104 valence electrons. The van der Waals surface area contributed by atoms with Crippen molar-refractivity contribution in [3.63, 3.8) is 0 Å². The minimum Gasteiger partial charge on any atom is -0.490 e. The highest BCUT2D eigenvalue weighted by Crippen LogP contribution is 2.32. The second-order valence-electron chi connectivity index (χ2n) is 5.47. The maximum absolute atomic E-state index is 12.0. The summed E-state index contributed by atoms with van der Waals surface area (Å²) < 4.78 is 10.9. The van der Waals surface area contributed by atoms with Crippen LogP contribution in [0.25, 0.3) is 0 Å². The van der Waals surface area contributed by atoms with Gasteiger partial charge in [-0.3, -0.25) is 0 Å². The Morgan fingerprint density at radius 2 is 2.16 bits per heavy atom. The summed E-state index contributed by atoms with van der Waals surface area (Å²) >= 11 is 6.17. The first-order valence-electron chi connectivity index (χ1n) is 6.26. The van der Waals surface area contributed by atoms with E-state index in [-0.39, 0.29) is 5.97 Å². The number of carbonyl (C=O) groups excluding carboxylic acids is 1. The highest BCUT2D eigenvalue weighted by molar-refractivity contribution is 6.32. The molecule has 1 aliphatic rings. The quantitative estimate of drug-likeness (QED) is 0.805. The zero-order valence-corrected chi connectivity index (χ0v) is 12.1. The third-order valence-corrected chi connectivity index (χ3v) is 2.88. The van der Waals surface area contributed by atoms with Crippen LogP contribution in [0, 0.1) is 0 Å². The average molecular weight is 284 g/mol. The van der Waals surface area contributed by atoms with Crippen molar-refractivity contribution in [2.45, 2.75) is 32.9 Å². The Hall–Kier alpha value is -1.26. The largest absolute Gasteiger partial charge is 0.490 e. The molecule has 2 rings (SSSR count). The number of halogens is 1. The van der Waals surface area contributed by atoms with E-state index < -0.39 is 5.60 Å². The van der Waals surface area contributed by atoms with Gasteiger partial charge in [-0.25, -0.2) is 4.79 Å². The number of hydrogen-bond donors (Lipinski definition) is 1. The molecule has 0 saturated carbocycles. The fourth-order valence-corrected chi connectivity index (χ4v) is 2.14. The van der Waals surface area contributed by atoms with Crippen molar-refractivity contribution >= 4 is 17.6 Å². The van der Waals surface area contributed by atoms with Crippen molar-refractivity contribution in [3.8, 4) is 5.75 Å². The standard InChI is InChI=1S/C14H18ClNO3/c1-14(2,3)19-13(17)9-6-10-8-16-4-5-18-12(10)11(15)7-9/h6-7,16H,4-5,8H2,1-3H3. The molecule has 0 unspecified atom stereocenters. The van der Waals surface area contributed by atoms with E-state index in [1.165, 1.54) is 0 Å². The first kappa shape index (κ1) is 14.2. The SMILES string of the molecule is CC(C)(C)OC(=O)c1cc(Cl)c2c(c1)CNCCO2. The first-order chi connectivity index (χ1) is 8.87. The number of fused-ring (bicyclic) bond motifs is 1. The van der Waals surface area contributed by atoms with Gasteiger partial charge in [-0.05, 0) is 32.9 Å². The van der Waals surface area contributed by atoms with Gasteiger partial charge in [0.05, 0.1) is 10.6 Å². The van der Waals surface area contributed by atoms with Crippen molar-refractivity contribution in [2.75, 3.05) is 13.2 Å². The maximum atomic E-state index is 12.0. The van der Waals surface area contributed by atoms with Gasteiger partial charge in [0.25, 0.3) is 0 Å². The van der Waals surface area contributed by atoms with Crippen molar-refractivity contribution in [1.82, 2.24) is 5.32 Å². The highest BCUT2D eigenvalue weighted by atomic mass is 35.5. The van der Waals surface area contributed by atoms with Crippen LogP contribution in [0.5, 0.6) is 5.75 Å². The van der Waals surface area contributed by atoms with E-state index in [2.05, 4.69) is 5.32 Å². The van der Waals surface area contributed by atoms with Gasteiger partial charge in [-0.1, -0.05) is 11.6 Å². The van der Waals surface area contributed by atoms with Crippen LogP contribution < -0.4 is 10.1 Å². The summed E-state index contributed by atoms with van der Waals surface area (Å²) in [5.74, 6) is 0.278. The highest BCUT2D eigenvalue weighted by Gasteiger charge is 2.21. The molecular weight excluding hydrogens is 266 g/mol. The fraction of sp³-hybridized carbons (Fsp3) is 0.500. The number of esters is 1. The van der Waals surface area contributed by atoms with Gasteiger partial charge in [0.15, 0.2) is 0 Å². The first-order valence-corrected chi connectivity index (χ1v) is 6.64. The summed E-state index contributed by atoms with van der Waals surface area (Å²) in [7, 11) is 0. The molecule has 0 saturated heterocycles. The summed E-state index contributed by atoms with van der Waals surface area (Å²) in [6.45, 7) is 7.46. The summed E-state index contributed by atoms with van der Waals surface area (Å²) in [4.78, 5) is 12.0. The van der Waals surface area contributed by atoms with E-state index in [0.29, 0.717) is 29.5 Å². The van der Waals surface area contributed by atoms with Gasteiger partial charge in [0.2, 0.25) is 0 Å². The van der Waals surface area contributed by atoms with E-state index in [4.69, 9.17) is 21.1 Å². The summed E-state index contributed by atoms with van der Waals surface area (Å²) in [5.41, 5.74) is 0.808. The number of hydrogen-bond acceptors (Lipinski definition) is 4. The molecule has 0 radical (unpaired) electrons. The van der Waals surface area contributed by atoms with Crippen LogP contribution in [0.2, 0.25) is 5.02 Å². The second kappa shape index (κ2) is 5.39. The molecule has 0 spiro atoms. The molecule has 1 aromatic rings. The maximum Gasteiger partial charge on any atom is 0.338 e. The molecule has 0 atom stereocenters. The van der Waals surface area contributed by atoms with Gasteiger partial charge in [-0.2, -0.15) is 0 Å². The lowest BCUT2D eigenvalue weighted by molar-refractivity contribution is 0.00694. The van der Waals surface area contributed by atoms with E-state index in [9.17, 15) is 4.79 Å². The van der Waals surface area contributed by atoms with Gasteiger partial charge in [-0.15, -0.1) is 0 Å². The van der Waals surface area contributed by atoms with Crippen LogP contribution >= 0.6 is 11.6 Å². The lowest BCUT2D eigenvalue weighted by Crippen LogP contribution is -2.24. The normalized spacial score (nSPS) is 15.2. The van der Waals surface area contributed by atoms with Gasteiger partial charge in [0, 0.05) is 18.7 Å². The van der Waals surface area contributed by atoms with Gasteiger partial charge in [0.1, 0.15) is 18.0 Å². The zero-order valence-electron chi connectivity index (χ0n) is 11.4. The molecule has 0 bridgehead atoms. The van der Waals surface area contributed by atoms with Gasteiger partial charge < -0.3 is 14.8 Å². The molecule has 19 heavy (non-hydrogen) atoms. The van der Waals surface area contributed by atoms with E-state index in [1.54, 1.807) is 12.1 Å². The van der Waals surface area contributed by atoms with Crippen molar-refractivity contribution < 1.29 is 14.3 Å². The zero-order chi connectivity index (χ0) is 14.0. The minimum absolute atomic E-state index is 0.374. The summed E-state index contributed by atoms with van der Waals surface area (Å²) in [6, 6.07) is 3.37. The Bertz CT molecular complexity index is 494. The molecule has 1 aromatic carbocycles. The molecule has 5 heteroatoms. The van der Waals surface area contributed by atoms with E-state index >= 15 is 0 Å². The number of nitrogens with one attached hydrogen (secondary N) is 1. The molecule has 0 amide bonds. The van der Waals surface area contributed by atoms with Crippen LogP contribution in [0.15, 0.2) is 12.1 Å². The smallest absolute Gasteiger partial charge is 0.338 e. The lowest BCUT2D eigenvalue weighted by atomic mass is 10.1. The van der Waals surface area contributed by atoms with Crippen molar-refractivity contribution in [3.05, 3.63) is 28.3 Å². The number of benzene rings is 1. The van der Waals surface area contributed by atoms with Gasteiger partial charge >= 0.3 is 5.97 Å². The van der Waals surface area contributed by atoms with Crippen LogP contribution in [0.1, 0.15) is 36.7 Å². The monoisotopic (exact) mass is 283 g/mol. The molecule has 1 aliphatic heterocycles. The molecule has 1 heterocycles. The molecular formula is C14H18ClNO3. The van der Waals surface area contributed by atoms with Crippen molar-refractivity contribution in [2.24, 2.45) is 0 Å². The fourth-order valence-electron chi connectivity index (χ4n) is 1.85. The topological polar surface area (TPSA) is 47.6 Å². The second-order valence-corrected chi connectivity index (χ2v) is 5.88. The van der Waals surface area contributed by atoms with Crippen LogP contribution in [0.3, 0.4) is 0 Å². The molecule has 0 aromatic heterocycles. The number of carbonyl (C=O) groups is 1. The Kier molecular flexibility index (Phi) is 4.02. The number of rotatable bonds is 1. The Labute approximate surface area is 118 Å². The lowest BCUT2D eigenvalue weighted by Gasteiger charge is -2.20. The van der Waals surface area contributed by atoms with E-state index in [0.717, 1.165) is 12.1 Å². The van der Waals surface area contributed by atoms with E-state index in [1.807, 2.05) is 20.8 Å². The molecule has 0 fully saturated rings. The summed E-state index contributed by atoms with van der Waals surface area (Å²) in [6.07, 6.45) is 0. The average Bonchev–Trinajstić information content (AvgIpc) is 2.51. The predicted octanol–water partition coefficient (Wildman–Crippen LogP) is 2.78. The van der Waals surface area contributed by atoms with Crippen molar-refractivity contribution in [1.29, 1.82) is 0 Å². The Morgan fingerprint density at radius 3 is 2.84 bits per heavy atom. The third kappa shape index (κ3) is 3.61. The van der Waals surface area contributed by atoms with Crippen LogP contribution in [0.4, 0.5) is 0 Å². The predicted molar refractivity (Wildman–Crippen MR) is 73.8 cm³/mol. The Balaban J connectivity index is 2.31. The summed E-state index contributed by atoms with van der Waals surface area (Å²) in [5, 5.41) is 3.66. The van der Waals surface area contributed by atoms with Crippen LogP contribution in [-0.2, 0) is 11.3 Å². The molecule has 0 aliphatic carbocycles. The van der Waals surface area contributed by atoms with Crippen LogP contribution in [-0.4, -0.2) is 24.7 Å². The Morgan fingerprint density at radius 1 is 1.42 bits per heavy atom.